The number of anilines is 2. The van der Waals surface area contributed by atoms with Crippen LogP contribution in [0.3, 0.4) is 0 Å². The molecule has 0 aromatic heterocycles. The molecule has 2 aliphatic rings. The van der Waals surface area contributed by atoms with E-state index < -0.39 is 15.9 Å². The van der Waals surface area contributed by atoms with E-state index in [9.17, 15) is 18.0 Å². The van der Waals surface area contributed by atoms with Crippen LogP contribution >= 0.6 is 0 Å². The summed E-state index contributed by atoms with van der Waals surface area (Å²) in [5.74, 6) is -0.604. The summed E-state index contributed by atoms with van der Waals surface area (Å²) in [4.78, 5) is 24.7. The van der Waals surface area contributed by atoms with E-state index in [2.05, 4.69) is 10.6 Å². The van der Waals surface area contributed by atoms with Gasteiger partial charge in [-0.3, -0.25) is 9.59 Å². The van der Waals surface area contributed by atoms with E-state index in [1.165, 1.54) is 10.4 Å². The second kappa shape index (κ2) is 8.80. The number of piperidine rings is 1. The van der Waals surface area contributed by atoms with Crippen LogP contribution in [0.5, 0.6) is 0 Å². The number of sulfonamides is 1. The molecule has 164 valence electrons. The predicted molar refractivity (Wildman–Crippen MR) is 119 cm³/mol. The van der Waals surface area contributed by atoms with Crippen LogP contribution in [0.15, 0.2) is 47.4 Å². The Morgan fingerprint density at radius 2 is 1.97 bits per heavy atom. The van der Waals surface area contributed by atoms with E-state index >= 15 is 0 Å². The fraction of sp³-hybridized carbons (Fsp3) is 0.391. The van der Waals surface area contributed by atoms with Crippen molar-refractivity contribution in [2.45, 2.75) is 43.9 Å². The quantitative estimate of drug-likeness (QED) is 0.761. The first kappa shape index (κ1) is 21.5. The first-order chi connectivity index (χ1) is 14.8. The SMILES string of the molecule is Cc1cccc(NC(=O)[C@@H]2CCCN(S(=O)(=O)c3ccc4c(c3)CCCC(=O)N4)C2)c1. The minimum atomic E-state index is -3.73. The molecule has 0 radical (unpaired) electrons. The second-order valence-electron chi connectivity index (χ2n) is 8.28. The number of hydrogen-bond acceptors (Lipinski definition) is 4. The van der Waals surface area contributed by atoms with Crippen molar-refractivity contribution in [3.63, 3.8) is 0 Å². The molecule has 0 saturated carbocycles. The fourth-order valence-corrected chi connectivity index (χ4v) is 5.78. The zero-order valence-electron chi connectivity index (χ0n) is 17.6. The summed E-state index contributed by atoms with van der Waals surface area (Å²) in [7, 11) is -3.73. The summed E-state index contributed by atoms with van der Waals surface area (Å²) in [5, 5.41) is 5.74. The zero-order chi connectivity index (χ0) is 22.0. The number of amides is 2. The van der Waals surface area contributed by atoms with Gasteiger partial charge in [0.25, 0.3) is 0 Å². The summed E-state index contributed by atoms with van der Waals surface area (Å²) >= 11 is 0. The van der Waals surface area contributed by atoms with E-state index in [4.69, 9.17) is 0 Å². The van der Waals surface area contributed by atoms with Gasteiger partial charge in [-0.05, 0) is 74.1 Å². The molecule has 2 heterocycles. The van der Waals surface area contributed by atoms with Crippen molar-refractivity contribution in [1.82, 2.24) is 4.31 Å². The highest BCUT2D eigenvalue weighted by Crippen LogP contribution is 2.29. The summed E-state index contributed by atoms with van der Waals surface area (Å²) < 4.78 is 28.0. The monoisotopic (exact) mass is 441 g/mol. The molecule has 0 unspecified atom stereocenters. The van der Waals surface area contributed by atoms with Crippen molar-refractivity contribution >= 4 is 33.2 Å². The number of rotatable bonds is 4. The van der Waals surface area contributed by atoms with Crippen LogP contribution in [0.25, 0.3) is 0 Å². The molecule has 0 spiro atoms. The minimum absolute atomic E-state index is 0.0483. The first-order valence-corrected chi connectivity index (χ1v) is 12.1. The summed E-state index contributed by atoms with van der Waals surface area (Å²) in [6.45, 7) is 2.51. The third-order valence-electron chi connectivity index (χ3n) is 5.88. The van der Waals surface area contributed by atoms with Gasteiger partial charge in [0, 0.05) is 30.9 Å². The van der Waals surface area contributed by atoms with Gasteiger partial charge in [0.15, 0.2) is 0 Å². The molecular formula is C23H27N3O4S. The molecule has 0 aliphatic carbocycles. The lowest BCUT2D eigenvalue weighted by molar-refractivity contribution is -0.121. The maximum atomic E-state index is 13.3. The number of hydrogen-bond donors (Lipinski definition) is 2. The van der Waals surface area contributed by atoms with Gasteiger partial charge in [-0.1, -0.05) is 12.1 Å². The molecule has 2 amide bonds. The van der Waals surface area contributed by atoms with E-state index in [1.54, 1.807) is 12.1 Å². The maximum Gasteiger partial charge on any atom is 0.243 e. The largest absolute Gasteiger partial charge is 0.326 e. The van der Waals surface area contributed by atoms with Crippen molar-refractivity contribution in [3.8, 4) is 0 Å². The number of carbonyl (C=O) groups is 2. The number of fused-ring (bicyclic) bond motifs is 1. The molecule has 2 aromatic carbocycles. The Balaban J connectivity index is 1.50. The molecule has 2 aliphatic heterocycles. The molecule has 1 atom stereocenters. The van der Waals surface area contributed by atoms with Gasteiger partial charge in [0.1, 0.15) is 0 Å². The van der Waals surface area contributed by atoms with Crippen molar-refractivity contribution in [2.24, 2.45) is 5.92 Å². The molecule has 4 rings (SSSR count). The Hall–Kier alpha value is -2.71. The number of aryl methyl sites for hydroxylation is 2. The Morgan fingerprint density at radius 3 is 2.77 bits per heavy atom. The van der Waals surface area contributed by atoms with Crippen molar-refractivity contribution in [2.75, 3.05) is 23.7 Å². The molecule has 7 nitrogen and oxygen atoms in total. The van der Waals surface area contributed by atoms with E-state index in [0.717, 1.165) is 16.8 Å². The van der Waals surface area contributed by atoms with Gasteiger partial charge in [0.05, 0.1) is 10.8 Å². The number of nitrogens with one attached hydrogen (secondary N) is 2. The van der Waals surface area contributed by atoms with Gasteiger partial charge >= 0.3 is 0 Å². The molecule has 2 N–H and O–H groups in total. The number of carbonyl (C=O) groups excluding carboxylic acids is 2. The lowest BCUT2D eigenvalue weighted by Crippen LogP contribution is -2.43. The molecule has 1 saturated heterocycles. The van der Waals surface area contributed by atoms with Gasteiger partial charge < -0.3 is 10.6 Å². The second-order valence-corrected chi connectivity index (χ2v) is 10.2. The van der Waals surface area contributed by atoms with Crippen LogP contribution in [-0.4, -0.2) is 37.6 Å². The van der Waals surface area contributed by atoms with E-state index in [0.29, 0.717) is 44.3 Å². The van der Waals surface area contributed by atoms with Crippen molar-refractivity contribution in [3.05, 3.63) is 53.6 Å². The summed E-state index contributed by atoms with van der Waals surface area (Å²) in [6.07, 6.45) is 3.05. The van der Waals surface area contributed by atoms with Gasteiger partial charge in [-0.2, -0.15) is 4.31 Å². The molecule has 8 heteroatoms. The minimum Gasteiger partial charge on any atom is -0.326 e. The highest BCUT2D eigenvalue weighted by Gasteiger charge is 2.33. The van der Waals surface area contributed by atoms with Crippen LogP contribution in [0.4, 0.5) is 11.4 Å². The van der Waals surface area contributed by atoms with Gasteiger partial charge in [-0.25, -0.2) is 8.42 Å². The standard InChI is InChI=1S/C23H27N3O4S/c1-16-5-2-8-19(13-16)24-23(28)18-7-4-12-26(15-18)31(29,30)20-10-11-21-17(14-20)6-3-9-22(27)25-21/h2,5,8,10-11,13-14,18H,3-4,6-7,9,12,15H2,1H3,(H,24,28)(H,25,27)/t18-/m1/s1. The maximum absolute atomic E-state index is 13.3. The molecule has 0 bridgehead atoms. The molecular weight excluding hydrogens is 414 g/mol. The topological polar surface area (TPSA) is 95.6 Å². The molecule has 2 aromatic rings. The predicted octanol–water partition coefficient (Wildman–Crippen LogP) is 3.31. The van der Waals surface area contributed by atoms with E-state index in [1.807, 2.05) is 31.2 Å². The van der Waals surface area contributed by atoms with Crippen LogP contribution in [0.2, 0.25) is 0 Å². The van der Waals surface area contributed by atoms with Crippen LogP contribution in [0.1, 0.15) is 36.8 Å². The van der Waals surface area contributed by atoms with Crippen LogP contribution < -0.4 is 10.6 Å². The lowest BCUT2D eigenvalue weighted by Gasteiger charge is -2.31. The third kappa shape index (κ3) is 4.80. The average Bonchev–Trinajstić information content (AvgIpc) is 2.93. The van der Waals surface area contributed by atoms with Gasteiger partial charge in [0.2, 0.25) is 21.8 Å². The number of benzene rings is 2. The Bertz CT molecular complexity index is 1110. The fourth-order valence-electron chi connectivity index (χ4n) is 4.20. The Labute approximate surface area is 182 Å². The average molecular weight is 442 g/mol. The number of nitrogens with zero attached hydrogens (tertiary/aromatic N) is 1. The Morgan fingerprint density at radius 1 is 1.13 bits per heavy atom. The highest BCUT2D eigenvalue weighted by atomic mass is 32.2. The van der Waals surface area contributed by atoms with Crippen LogP contribution in [-0.2, 0) is 26.0 Å². The first-order valence-electron chi connectivity index (χ1n) is 10.6. The highest BCUT2D eigenvalue weighted by molar-refractivity contribution is 7.89. The molecule has 1 fully saturated rings. The van der Waals surface area contributed by atoms with Crippen molar-refractivity contribution in [1.29, 1.82) is 0 Å². The van der Waals surface area contributed by atoms with Crippen LogP contribution in [0, 0.1) is 12.8 Å². The normalized spacial score (nSPS) is 19.8. The smallest absolute Gasteiger partial charge is 0.243 e. The zero-order valence-corrected chi connectivity index (χ0v) is 18.4. The van der Waals surface area contributed by atoms with Gasteiger partial charge in [-0.15, -0.1) is 0 Å². The Kier molecular flexibility index (Phi) is 6.11. The molecule has 31 heavy (non-hydrogen) atoms. The van der Waals surface area contributed by atoms with E-state index in [-0.39, 0.29) is 23.3 Å². The summed E-state index contributed by atoms with van der Waals surface area (Å²) in [6, 6.07) is 12.4. The third-order valence-corrected chi connectivity index (χ3v) is 7.74. The summed E-state index contributed by atoms with van der Waals surface area (Å²) in [5.41, 5.74) is 3.27. The van der Waals surface area contributed by atoms with Crippen molar-refractivity contribution < 1.29 is 18.0 Å². The lowest BCUT2D eigenvalue weighted by atomic mass is 9.98.